The van der Waals surface area contributed by atoms with E-state index in [-0.39, 0.29) is 18.1 Å². The van der Waals surface area contributed by atoms with Crippen molar-refractivity contribution in [2.45, 2.75) is 17.5 Å². The lowest BCUT2D eigenvalue weighted by atomic mass is 10.1. The molecule has 1 amide bonds. The molecule has 0 aliphatic heterocycles. The van der Waals surface area contributed by atoms with Crippen molar-refractivity contribution >= 4 is 29.1 Å². The zero-order valence-electron chi connectivity index (χ0n) is 13.4. The van der Waals surface area contributed by atoms with Crippen molar-refractivity contribution in [1.29, 1.82) is 0 Å². The van der Waals surface area contributed by atoms with E-state index < -0.39 is 12.1 Å². The number of fused-ring (bicyclic) bond motifs is 1. The molecule has 0 spiro atoms. The lowest BCUT2D eigenvalue weighted by Gasteiger charge is -2.08. The molecule has 1 saturated carbocycles. The first kappa shape index (κ1) is 16.1. The van der Waals surface area contributed by atoms with Gasteiger partial charge in [-0.2, -0.15) is 0 Å². The number of amides is 1. The zero-order valence-corrected chi connectivity index (χ0v) is 14.2. The lowest BCUT2D eigenvalue weighted by molar-refractivity contribution is -0.117. The number of hydrogen-bond donors (Lipinski definition) is 1. The molecule has 3 aromatic rings. The number of benzene rings is 1. The fraction of sp³-hybridized carbons (Fsp3) is 0.222. The Kier molecular flexibility index (Phi) is 3.95. The number of carbonyl (C=O) groups is 1. The van der Waals surface area contributed by atoms with Crippen LogP contribution in [-0.2, 0) is 4.79 Å². The van der Waals surface area contributed by atoms with Gasteiger partial charge in [-0.05, 0) is 42.0 Å². The highest BCUT2D eigenvalue weighted by Crippen LogP contribution is 2.35. The summed E-state index contributed by atoms with van der Waals surface area (Å²) in [5.41, 5.74) is 2.29. The van der Waals surface area contributed by atoms with E-state index in [2.05, 4.69) is 10.3 Å². The number of aromatic nitrogens is 2. The standard InChI is InChI=1S/C18H15F2N3OS/c1-25-17-11(3-2-4-13(17)19)10-5-6-16-21-15(9-23(16)8-10)22-18(24)12-7-14(12)20/h2-6,8-9,12,14H,7H2,1H3,(H,22,24)/t12-,14+/m1/s1. The topological polar surface area (TPSA) is 46.4 Å². The quantitative estimate of drug-likeness (QED) is 0.712. The zero-order chi connectivity index (χ0) is 17.6. The largest absolute Gasteiger partial charge is 0.309 e. The van der Waals surface area contributed by atoms with E-state index in [0.29, 0.717) is 16.4 Å². The third-order valence-electron chi connectivity index (χ3n) is 4.23. The minimum atomic E-state index is -1.04. The molecule has 25 heavy (non-hydrogen) atoms. The predicted molar refractivity (Wildman–Crippen MR) is 94.0 cm³/mol. The van der Waals surface area contributed by atoms with E-state index in [1.54, 1.807) is 22.7 Å². The van der Waals surface area contributed by atoms with Crippen LogP contribution in [0.15, 0.2) is 47.6 Å². The maximum absolute atomic E-state index is 14.0. The molecule has 128 valence electrons. The Morgan fingerprint density at radius 3 is 2.84 bits per heavy atom. The van der Waals surface area contributed by atoms with Gasteiger partial charge in [-0.3, -0.25) is 4.79 Å². The maximum atomic E-state index is 14.0. The number of hydrogen-bond acceptors (Lipinski definition) is 3. The van der Waals surface area contributed by atoms with E-state index in [1.807, 2.05) is 24.6 Å². The second-order valence-electron chi connectivity index (χ2n) is 5.98. The Balaban J connectivity index is 1.67. The molecule has 0 saturated heterocycles. The van der Waals surface area contributed by atoms with Crippen LogP contribution in [0, 0.1) is 11.7 Å². The van der Waals surface area contributed by atoms with Crippen molar-refractivity contribution in [3.63, 3.8) is 0 Å². The van der Waals surface area contributed by atoms with Crippen LogP contribution in [0.3, 0.4) is 0 Å². The van der Waals surface area contributed by atoms with Crippen molar-refractivity contribution in [3.8, 4) is 11.1 Å². The fourth-order valence-corrected chi connectivity index (χ4v) is 3.48. The third kappa shape index (κ3) is 3.00. The Morgan fingerprint density at radius 2 is 2.12 bits per heavy atom. The highest BCUT2D eigenvalue weighted by molar-refractivity contribution is 7.98. The number of nitrogens with one attached hydrogen (secondary N) is 1. The summed E-state index contributed by atoms with van der Waals surface area (Å²) in [7, 11) is 0. The Morgan fingerprint density at radius 1 is 1.32 bits per heavy atom. The molecule has 2 aromatic heterocycles. The number of anilines is 1. The number of thioether (sulfide) groups is 1. The van der Waals surface area contributed by atoms with E-state index in [9.17, 15) is 13.6 Å². The molecule has 0 bridgehead atoms. The van der Waals surface area contributed by atoms with Crippen molar-refractivity contribution in [1.82, 2.24) is 9.38 Å². The maximum Gasteiger partial charge on any atom is 0.231 e. The lowest BCUT2D eigenvalue weighted by Crippen LogP contribution is -2.15. The van der Waals surface area contributed by atoms with E-state index in [0.717, 1.165) is 11.1 Å². The highest BCUT2D eigenvalue weighted by Gasteiger charge is 2.43. The van der Waals surface area contributed by atoms with Gasteiger partial charge in [0.2, 0.25) is 5.91 Å². The van der Waals surface area contributed by atoms with Gasteiger partial charge in [0.1, 0.15) is 17.6 Å². The van der Waals surface area contributed by atoms with Crippen LogP contribution in [0.4, 0.5) is 14.6 Å². The minimum absolute atomic E-state index is 0.256. The molecule has 0 radical (unpaired) electrons. The molecular formula is C18H15F2N3OS. The predicted octanol–water partition coefficient (Wildman–Crippen LogP) is 4.16. The van der Waals surface area contributed by atoms with Gasteiger partial charge in [0, 0.05) is 6.20 Å². The number of rotatable bonds is 4. The molecule has 2 atom stereocenters. The Labute approximate surface area is 147 Å². The monoisotopic (exact) mass is 359 g/mol. The summed E-state index contributed by atoms with van der Waals surface area (Å²) < 4.78 is 28.7. The summed E-state index contributed by atoms with van der Waals surface area (Å²) in [4.78, 5) is 16.7. The van der Waals surface area contributed by atoms with Crippen molar-refractivity contribution in [3.05, 3.63) is 48.5 Å². The van der Waals surface area contributed by atoms with Crippen molar-refractivity contribution in [2.75, 3.05) is 11.6 Å². The molecule has 2 heterocycles. The first-order chi connectivity index (χ1) is 12.1. The molecule has 0 unspecified atom stereocenters. The summed E-state index contributed by atoms with van der Waals surface area (Å²) in [6, 6.07) is 8.64. The molecule has 1 N–H and O–H groups in total. The van der Waals surface area contributed by atoms with Gasteiger partial charge in [0.15, 0.2) is 5.82 Å². The molecule has 4 rings (SSSR count). The van der Waals surface area contributed by atoms with Gasteiger partial charge in [0.25, 0.3) is 0 Å². The Bertz CT molecular complexity index is 972. The summed E-state index contributed by atoms with van der Waals surface area (Å²) >= 11 is 1.35. The first-order valence-corrected chi connectivity index (χ1v) is 9.06. The van der Waals surface area contributed by atoms with Crippen LogP contribution in [0.2, 0.25) is 0 Å². The van der Waals surface area contributed by atoms with E-state index in [1.165, 1.54) is 17.8 Å². The summed E-state index contributed by atoms with van der Waals surface area (Å²) in [6.07, 6.45) is 4.58. The molecule has 1 fully saturated rings. The fourth-order valence-electron chi connectivity index (χ4n) is 2.81. The highest BCUT2D eigenvalue weighted by atomic mass is 32.2. The average molecular weight is 359 g/mol. The van der Waals surface area contributed by atoms with E-state index >= 15 is 0 Å². The van der Waals surface area contributed by atoms with Gasteiger partial charge < -0.3 is 9.72 Å². The molecule has 1 aliphatic rings. The minimum Gasteiger partial charge on any atom is -0.309 e. The average Bonchev–Trinajstić information content (AvgIpc) is 3.19. The van der Waals surface area contributed by atoms with Crippen LogP contribution < -0.4 is 5.32 Å². The number of imidazole rings is 1. The van der Waals surface area contributed by atoms with Crippen LogP contribution in [0.1, 0.15) is 6.42 Å². The summed E-state index contributed by atoms with van der Waals surface area (Å²) in [5.74, 6) is -0.776. The van der Waals surface area contributed by atoms with Crippen LogP contribution in [0.25, 0.3) is 16.8 Å². The molecule has 1 aromatic carbocycles. The van der Waals surface area contributed by atoms with Crippen molar-refractivity contribution in [2.24, 2.45) is 5.92 Å². The van der Waals surface area contributed by atoms with Gasteiger partial charge >= 0.3 is 0 Å². The first-order valence-electron chi connectivity index (χ1n) is 7.83. The smallest absolute Gasteiger partial charge is 0.231 e. The van der Waals surface area contributed by atoms with Gasteiger partial charge in [-0.15, -0.1) is 11.8 Å². The van der Waals surface area contributed by atoms with Gasteiger partial charge in [-0.25, -0.2) is 13.8 Å². The van der Waals surface area contributed by atoms with Crippen LogP contribution >= 0.6 is 11.8 Å². The number of nitrogens with zero attached hydrogens (tertiary/aromatic N) is 2. The van der Waals surface area contributed by atoms with Crippen LogP contribution in [0.5, 0.6) is 0 Å². The van der Waals surface area contributed by atoms with Crippen molar-refractivity contribution < 1.29 is 13.6 Å². The van der Waals surface area contributed by atoms with Gasteiger partial charge in [0.05, 0.1) is 17.0 Å². The molecule has 4 nitrogen and oxygen atoms in total. The van der Waals surface area contributed by atoms with Crippen LogP contribution in [-0.4, -0.2) is 27.7 Å². The number of pyridine rings is 1. The number of halogens is 2. The SMILES string of the molecule is CSc1c(F)cccc1-c1ccc2nc(NC(=O)[C@@H]3C[C@@H]3F)cn2c1. The number of carbonyl (C=O) groups excluding carboxylic acids is 1. The number of alkyl halides is 1. The normalized spacial score (nSPS) is 19.2. The summed E-state index contributed by atoms with van der Waals surface area (Å²) in [5, 5.41) is 2.64. The third-order valence-corrected chi connectivity index (χ3v) is 5.06. The molecule has 1 aliphatic carbocycles. The molecular weight excluding hydrogens is 344 g/mol. The van der Waals surface area contributed by atoms with E-state index in [4.69, 9.17) is 0 Å². The second kappa shape index (κ2) is 6.15. The second-order valence-corrected chi connectivity index (χ2v) is 6.79. The summed E-state index contributed by atoms with van der Waals surface area (Å²) in [6.45, 7) is 0. The molecule has 7 heteroatoms. The van der Waals surface area contributed by atoms with Gasteiger partial charge in [-0.1, -0.05) is 12.1 Å². The Hall–Kier alpha value is -2.41.